The molecule has 1 aromatic rings. The van der Waals surface area contributed by atoms with Crippen molar-refractivity contribution in [3.05, 3.63) is 24.0 Å². The first-order valence-corrected chi connectivity index (χ1v) is 6.71. The summed E-state index contributed by atoms with van der Waals surface area (Å²) in [7, 11) is 0. The highest BCUT2D eigenvalue weighted by Crippen LogP contribution is 2.14. The van der Waals surface area contributed by atoms with E-state index in [1.54, 1.807) is 18.5 Å². The fourth-order valence-corrected chi connectivity index (χ4v) is 1.91. The molecule has 0 aliphatic carbocycles. The normalized spacial score (nSPS) is 11.9. The van der Waals surface area contributed by atoms with E-state index >= 15 is 0 Å². The molecule has 18 heavy (non-hydrogen) atoms. The molecule has 1 aromatic heterocycles. The summed E-state index contributed by atoms with van der Waals surface area (Å²) in [5.74, 6) is -0.0198. The van der Waals surface area contributed by atoms with Gasteiger partial charge in [0.15, 0.2) is 0 Å². The number of hydrogen-bond acceptors (Lipinski definition) is 3. The molecular formula is C14H23N3O. The summed E-state index contributed by atoms with van der Waals surface area (Å²) in [5.41, 5.74) is 1.46. The fourth-order valence-electron chi connectivity index (χ4n) is 1.91. The van der Waals surface area contributed by atoms with Gasteiger partial charge in [-0.1, -0.05) is 20.3 Å². The molecule has 100 valence electrons. The van der Waals surface area contributed by atoms with E-state index in [9.17, 15) is 4.79 Å². The van der Waals surface area contributed by atoms with Gasteiger partial charge in [0.2, 0.25) is 0 Å². The average molecular weight is 249 g/mol. The van der Waals surface area contributed by atoms with E-state index in [0.29, 0.717) is 5.56 Å². The molecule has 1 atom stereocenters. The summed E-state index contributed by atoms with van der Waals surface area (Å²) in [5, 5.41) is 6.23. The van der Waals surface area contributed by atoms with Crippen LogP contribution in [-0.2, 0) is 0 Å². The Kier molecular flexibility index (Phi) is 6.19. The molecule has 0 aliphatic rings. The number of rotatable bonds is 7. The van der Waals surface area contributed by atoms with Crippen LogP contribution in [0.4, 0.5) is 5.69 Å². The number of carbonyl (C=O) groups is 1. The number of nitrogens with zero attached hydrogens (tertiary/aromatic N) is 1. The van der Waals surface area contributed by atoms with Crippen LogP contribution < -0.4 is 10.6 Å². The molecule has 0 radical (unpaired) electrons. The largest absolute Gasteiger partial charge is 0.383 e. The lowest BCUT2D eigenvalue weighted by molar-refractivity contribution is 0.0934. The Morgan fingerprint density at radius 2 is 2.17 bits per heavy atom. The first-order chi connectivity index (χ1) is 8.72. The molecule has 0 saturated carbocycles. The van der Waals surface area contributed by atoms with Crippen molar-refractivity contribution >= 4 is 11.6 Å². The Labute approximate surface area is 109 Å². The van der Waals surface area contributed by atoms with E-state index in [-0.39, 0.29) is 11.9 Å². The van der Waals surface area contributed by atoms with Gasteiger partial charge in [0.05, 0.1) is 17.4 Å². The quantitative estimate of drug-likeness (QED) is 0.781. The first-order valence-electron chi connectivity index (χ1n) is 6.71. The van der Waals surface area contributed by atoms with E-state index in [2.05, 4.69) is 29.5 Å². The zero-order valence-electron chi connectivity index (χ0n) is 11.5. The van der Waals surface area contributed by atoms with Crippen LogP contribution in [0, 0.1) is 0 Å². The highest BCUT2D eigenvalue weighted by molar-refractivity contribution is 5.99. The number of aromatic nitrogens is 1. The lowest BCUT2D eigenvalue weighted by atomic mass is 10.1. The molecule has 1 rings (SSSR count). The maximum absolute atomic E-state index is 12.2. The van der Waals surface area contributed by atoms with Crippen molar-refractivity contribution in [2.24, 2.45) is 0 Å². The van der Waals surface area contributed by atoms with Gasteiger partial charge in [0.25, 0.3) is 5.91 Å². The van der Waals surface area contributed by atoms with Gasteiger partial charge in [-0.3, -0.25) is 9.78 Å². The number of pyridine rings is 1. The molecule has 0 saturated heterocycles. The van der Waals surface area contributed by atoms with Gasteiger partial charge >= 0.3 is 0 Å². The zero-order chi connectivity index (χ0) is 13.4. The predicted octanol–water partition coefficient (Wildman–Crippen LogP) is 2.82. The maximum atomic E-state index is 12.2. The summed E-state index contributed by atoms with van der Waals surface area (Å²) >= 11 is 0. The van der Waals surface area contributed by atoms with Gasteiger partial charge < -0.3 is 10.6 Å². The highest BCUT2D eigenvalue weighted by Gasteiger charge is 2.14. The van der Waals surface area contributed by atoms with Gasteiger partial charge in [-0.25, -0.2) is 0 Å². The van der Waals surface area contributed by atoms with Crippen molar-refractivity contribution in [2.75, 3.05) is 11.9 Å². The molecule has 4 nitrogen and oxygen atoms in total. The van der Waals surface area contributed by atoms with Crippen LogP contribution in [0.2, 0.25) is 0 Å². The molecule has 0 aromatic carbocycles. The SMILES string of the molecule is CCCC(CC)NC(=O)c1ccncc1NCC. The summed E-state index contributed by atoms with van der Waals surface area (Å²) in [6.45, 7) is 7.00. The third-order valence-corrected chi connectivity index (χ3v) is 2.90. The van der Waals surface area contributed by atoms with Gasteiger partial charge in [-0.2, -0.15) is 0 Å². The number of carbonyl (C=O) groups excluding carboxylic acids is 1. The van der Waals surface area contributed by atoms with Crippen LogP contribution in [0.25, 0.3) is 0 Å². The van der Waals surface area contributed by atoms with E-state index in [0.717, 1.165) is 31.5 Å². The van der Waals surface area contributed by atoms with Crippen molar-refractivity contribution in [3.8, 4) is 0 Å². The number of nitrogens with one attached hydrogen (secondary N) is 2. The van der Waals surface area contributed by atoms with Crippen LogP contribution in [0.1, 0.15) is 50.4 Å². The molecule has 0 fully saturated rings. The molecule has 4 heteroatoms. The zero-order valence-corrected chi connectivity index (χ0v) is 11.5. The monoisotopic (exact) mass is 249 g/mol. The number of anilines is 1. The third-order valence-electron chi connectivity index (χ3n) is 2.90. The second kappa shape index (κ2) is 7.69. The Balaban J connectivity index is 2.76. The van der Waals surface area contributed by atoms with Crippen LogP contribution >= 0.6 is 0 Å². The van der Waals surface area contributed by atoms with E-state index in [1.807, 2.05) is 6.92 Å². The molecular weight excluding hydrogens is 226 g/mol. The number of amides is 1. The van der Waals surface area contributed by atoms with Crippen molar-refractivity contribution in [2.45, 2.75) is 46.1 Å². The minimum atomic E-state index is -0.0198. The highest BCUT2D eigenvalue weighted by atomic mass is 16.1. The Morgan fingerprint density at radius 3 is 2.78 bits per heavy atom. The molecule has 0 spiro atoms. The van der Waals surface area contributed by atoms with E-state index in [1.165, 1.54) is 0 Å². The number of hydrogen-bond donors (Lipinski definition) is 2. The minimum absolute atomic E-state index is 0.0198. The standard InChI is InChI=1S/C14H23N3O/c1-4-7-11(5-2)17-14(18)12-8-9-15-10-13(12)16-6-3/h8-11,16H,4-7H2,1-3H3,(H,17,18). The van der Waals surface area contributed by atoms with Gasteiger partial charge in [-0.15, -0.1) is 0 Å². The lowest BCUT2D eigenvalue weighted by Gasteiger charge is -2.17. The first kappa shape index (κ1) is 14.5. The summed E-state index contributed by atoms with van der Waals surface area (Å²) in [6, 6.07) is 2.01. The van der Waals surface area contributed by atoms with Gasteiger partial charge in [0.1, 0.15) is 0 Å². The predicted molar refractivity (Wildman–Crippen MR) is 74.9 cm³/mol. The third kappa shape index (κ3) is 4.02. The molecule has 0 aliphatic heterocycles. The van der Waals surface area contributed by atoms with Crippen LogP contribution in [0.3, 0.4) is 0 Å². The minimum Gasteiger partial charge on any atom is -0.383 e. The van der Waals surface area contributed by atoms with Crippen molar-refractivity contribution in [1.82, 2.24) is 10.3 Å². The fraction of sp³-hybridized carbons (Fsp3) is 0.571. The topological polar surface area (TPSA) is 54.0 Å². The Bertz CT molecular complexity index is 379. The summed E-state index contributed by atoms with van der Waals surface area (Å²) in [6.07, 6.45) is 6.40. The maximum Gasteiger partial charge on any atom is 0.253 e. The molecule has 0 bridgehead atoms. The summed E-state index contributed by atoms with van der Waals surface area (Å²) in [4.78, 5) is 16.2. The molecule has 1 heterocycles. The van der Waals surface area contributed by atoms with E-state index < -0.39 is 0 Å². The lowest BCUT2D eigenvalue weighted by Crippen LogP contribution is -2.34. The Hall–Kier alpha value is -1.58. The molecule has 1 amide bonds. The van der Waals surface area contributed by atoms with Crippen molar-refractivity contribution in [1.29, 1.82) is 0 Å². The van der Waals surface area contributed by atoms with E-state index in [4.69, 9.17) is 0 Å². The Morgan fingerprint density at radius 1 is 1.39 bits per heavy atom. The molecule has 2 N–H and O–H groups in total. The van der Waals surface area contributed by atoms with Crippen molar-refractivity contribution < 1.29 is 4.79 Å². The van der Waals surface area contributed by atoms with Crippen LogP contribution in [0.5, 0.6) is 0 Å². The average Bonchev–Trinajstić information content (AvgIpc) is 2.39. The molecule has 1 unspecified atom stereocenters. The van der Waals surface area contributed by atoms with Gasteiger partial charge in [0, 0.05) is 18.8 Å². The second-order valence-corrected chi connectivity index (χ2v) is 4.32. The second-order valence-electron chi connectivity index (χ2n) is 4.32. The van der Waals surface area contributed by atoms with Crippen molar-refractivity contribution in [3.63, 3.8) is 0 Å². The smallest absolute Gasteiger partial charge is 0.253 e. The summed E-state index contributed by atoms with van der Waals surface area (Å²) < 4.78 is 0. The van der Waals surface area contributed by atoms with Crippen LogP contribution in [-0.4, -0.2) is 23.5 Å². The van der Waals surface area contributed by atoms with Gasteiger partial charge in [-0.05, 0) is 25.8 Å². The van der Waals surface area contributed by atoms with Crippen LogP contribution in [0.15, 0.2) is 18.5 Å².